The minimum absolute atomic E-state index is 0.0821. The minimum atomic E-state index is -0.749. The lowest BCUT2D eigenvalue weighted by atomic mass is 9.74. The first-order valence-electron chi connectivity index (χ1n) is 7.90. The molecule has 0 spiro atoms. The molecule has 2 saturated carbocycles. The zero-order valence-corrected chi connectivity index (χ0v) is 12.7. The summed E-state index contributed by atoms with van der Waals surface area (Å²) in [5, 5.41) is 12.3. The van der Waals surface area contributed by atoms with Crippen molar-refractivity contribution in [2.45, 2.75) is 71.3 Å². The zero-order valence-electron chi connectivity index (χ0n) is 12.7. The maximum Gasteiger partial charge on any atom is 0.306 e. The summed E-state index contributed by atoms with van der Waals surface area (Å²) in [6.45, 7) is 4.51. The van der Waals surface area contributed by atoms with E-state index in [1.54, 1.807) is 0 Å². The van der Waals surface area contributed by atoms with E-state index in [0.717, 1.165) is 32.1 Å². The Morgan fingerprint density at radius 1 is 1.10 bits per heavy atom. The number of rotatable bonds is 3. The van der Waals surface area contributed by atoms with Crippen LogP contribution in [0.15, 0.2) is 0 Å². The molecule has 3 unspecified atom stereocenters. The van der Waals surface area contributed by atoms with Crippen LogP contribution in [0.5, 0.6) is 0 Å². The quantitative estimate of drug-likeness (QED) is 0.835. The van der Waals surface area contributed by atoms with E-state index in [2.05, 4.69) is 19.2 Å². The molecule has 0 aromatic heterocycles. The fourth-order valence-corrected chi connectivity index (χ4v) is 3.79. The Hall–Kier alpha value is -1.06. The molecule has 2 fully saturated rings. The van der Waals surface area contributed by atoms with Crippen LogP contribution in [0.2, 0.25) is 0 Å². The molecule has 20 heavy (non-hydrogen) atoms. The number of carboxylic acids is 1. The Morgan fingerprint density at radius 2 is 1.80 bits per heavy atom. The Morgan fingerprint density at radius 3 is 2.45 bits per heavy atom. The molecule has 0 bridgehead atoms. The maximum absolute atomic E-state index is 12.3. The van der Waals surface area contributed by atoms with Crippen LogP contribution < -0.4 is 5.32 Å². The number of carbonyl (C=O) groups is 2. The maximum atomic E-state index is 12.3. The van der Waals surface area contributed by atoms with Gasteiger partial charge in [-0.05, 0) is 43.9 Å². The summed E-state index contributed by atoms with van der Waals surface area (Å²) in [5.74, 6) is -1.10. The standard InChI is InChI=1S/C16H27NO3/c1-16(2)8-4-7-13(10-16)17-14(18)11-5-3-6-12(9-11)15(19)20/h11-13H,3-10H2,1-2H3,(H,17,18)(H,19,20). The van der Waals surface area contributed by atoms with Gasteiger partial charge in [0.25, 0.3) is 0 Å². The average Bonchev–Trinajstić information content (AvgIpc) is 2.37. The number of carbonyl (C=O) groups excluding carboxylic acids is 1. The molecular formula is C16H27NO3. The Bertz CT molecular complexity index is 378. The first-order valence-corrected chi connectivity index (χ1v) is 7.90. The number of nitrogens with one attached hydrogen (secondary N) is 1. The normalized spacial score (nSPS) is 33.4. The van der Waals surface area contributed by atoms with Crippen molar-refractivity contribution in [2.24, 2.45) is 17.3 Å². The lowest BCUT2D eigenvalue weighted by Gasteiger charge is -2.36. The van der Waals surface area contributed by atoms with Crippen LogP contribution in [0.4, 0.5) is 0 Å². The predicted octanol–water partition coefficient (Wildman–Crippen LogP) is 2.96. The van der Waals surface area contributed by atoms with E-state index < -0.39 is 5.97 Å². The highest BCUT2D eigenvalue weighted by molar-refractivity contribution is 5.80. The zero-order chi connectivity index (χ0) is 14.8. The second-order valence-electron chi connectivity index (χ2n) is 7.36. The van der Waals surface area contributed by atoms with E-state index in [1.165, 1.54) is 12.8 Å². The van der Waals surface area contributed by atoms with Crippen molar-refractivity contribution in [3.8, 4) is 0 Å². The highest BCUT2D eigenvalue weighted by Crippen LogP contribution is 2.36. The fourth-order valence-electron chi connectivity index (χ4n) is 3.79. The molecule has 114 valence electrons. The molecule has 2 rings (SSSR count). The third kappa shape index (κ3) is 3.97. The SMILES string of the molecule is CC1(C)CCCC(NC(=O)C2CCCC(C(=O)O)C2)C1. The molecule has 0 aromatic rings. The Kier molecular flexibility index (Phi) is 4.71. The smallest absolute Gasteiger partial charge is 0.306 e. The summed E-state index contributed by atoms with van der Waals surface area (Å²) in [6, 6.07) is 0.274. The van der Waals surface area contributed by atoms with E-state index in [1.807, 2.05) is 0 Å². The van der Waals surface area contributed by atoms with Crippen LogP contribution >= 0.6 is 0 Å². The van der Waals surface area contributed by atoms with Crippen molar-refractivity contribution in [3.63, 3.8) is 0 Å². The number of hydrogen-bond donors (Lipinski definition) is 2. The minimum Gasteiger partial charge on any atom is -0.481 e. The van der Waals surface area contributed by atoms with Crippen molar-refractivity contribution in [2.75, 3.05) is 0 Å². The van der Waals surface area contributed by atoms with Crippen molar-refractivity contribution in [3.05, 3.63) is 0 Å². The molecular weight excluding hydrogens is 254 g/mol. The van der Waals surface area contributed by atoms with Gasteiger partial charge in [0.2, 0.25) is 5.91 Å². The second-order valence-corrected chi connectivity index (χ2v) is 7.36. The van der Waals surface area contributed by atoms with Gasteiger partial charge in [0.05, 0.1) is 5.92 Å². The summed E-state index contributed by atoms with van der Waals surface area (Å²) in [4.78, 5) is 23.4. The van der Waals surface area contributed by atoms with Crippen molar-refractivity contribution < 1.29 is 14.7 Å². The summed E-state index contributed by atoms with van der Waals surface area (Å²) < 4.78 is 0. The first-order chi connectivity index (χ1) is 9.37. The van der Waals surface area contributed by atoms with Gasteiger partial charge in [-0.1, -0.05) is 26.7 Å². The van der Waals surface area contributed by atoms with E-state index >= 15 is 0 Å². The lowest BCUT2D eigenvalue weighted by Crippen LogP contribution is -2.44. The van der Waals surface area contributed by atoms with Crippen LogP contribution in [0.1, 0.15) is 65.2 Å². The molecule has 0 aromatic carbocycles. The molecule has 2 aliphatic rings. The van der Waals surface area contributed by atoms with E-state index in [-0.39, 0.29) is 23.8 Å². The van der Waals surface area contributed by atoms with E-state index in [9.17, 15) is 9.59 Å². The first kappa shape index (κ1) is 15.3. The fraction of sp³-hybridized carbons (Fsp3) is 0.875. The topological polar surface area (TPSA) is 66.4 Å². The van der Waals surface area contributed by atoms with Gasteiger partial charge in [0.1, 0.15) is 0 Å². The van der Waals surface area contributed by atoms with Crippen LogP contribution in [-0.2, 0) is 9.59 Å². The summed E-state index contributed by atoms with van der Waals surface area (Å²) in [5.41, 5.74) is 0.312. The Balaban J connectivity index is 1.86. The largest absolute Gasteiger partial charge is 0.481 e. The van der Waals surface area contributed by atoms with Crippen LogP contribution in [-0.4, -0.2) is 23.0 Å². The third-order valence-corrected chi connectivity index (χ3v) is 4.95. The number of aliphatic carboxylic acids is 1. The van der Waals surface area contributed by atoms with E-state index in [4.69, 9.17) is 5.11 Å². The predicted molar refractivity (Wildman–Crippen MR) is 77.3 cm³/mol. The second kappa shape index (κ2) is 6.15. The monoisotopic (exact) mass is 281 g/mol. The van der Waals surface area contributed by atoms with Gasteiger partial charge >= 0.3 is 5.97 Å². The summed E-state index contributed by atoms with van der Waals surface area (Å²) in [7, 11) is 0. The molecule has 3 atom stereocenters. The molecule has 0 saturated heterocycles. The molecule has 0 heterocycles. The van der Waals surface area contributed by atoms with Gasteiger partial charge in [0, 0.05) is 12.0 Å². The highest BCUT2D eigenvalue weighted by Gasteiger charge is 2.34. The highest BCUT2D eigenvalue weighted by atomic mass is 16.4. The van der Waals surface area contributed by atoms with Crippen LogP contribution in [0.3, 0.4) is 0 Å². The van der Waals surface area contributed by atoms with E-state index in [0.29, 0.717) is 11.8 Å². The Labute approximate surface area is 121 Å². The van der Waals surface area contributed by atoms with Gasteiger partial charge in [0.15, 0.2) is 0 Å². The van der Waals surface area contributed by atoms with Crippen molar-refractivity contribution in [1.29, 1.82) is 0 Å². The average molecular weight is 281 g/mol. The molecule has 2 aliphatic carbocycles. The van der Waals surface area contributed by atoms with Gasteiger partial charge < -0.3 is 10.4 Å². The molecule has 1 amide bonds. The molecule has 0 aliphatic heterocycles. The summed E-state index contributed by atoms with van der Waals surface area (Å²) >= 11 is 0. The lowest BCUT2D eigenvalue weighted by molar-refractivity contribution is -0.144. The molecule has 4 heteroatoms. The number of carboxylic acid groups (broad SMARTS) is 1. The third-order valence-electron chi connectivity index (χ3n) is 4.95. The van der Waals surface area contributed by atoms with Gasteiger partial charge in [-0.3, -0.25) is 9.59 Å². The number of hydrogen-bond acceptors (Lipinski definition) is 2. The van der Waals surface area contributed by atoms with Gasteiger partial charge in [-0.15, -0.1) is 0 Å². The van der Waals surface area contributed by atoms with Crippen LogP contribution in [0.25, 0.3) is 0 Å². The number of amides is 1. The molecule has 2 N–H and O–H groups in total. The molecule has 4 nitrogen and oxygen atoms in total. The summed E-state index contributed by atoms with van der Waals surface area (Å²) in [6.07, 6.45) is 7.41. The van der Waals surface area contributed by atoms with Gasteiger partial charge in [-0.25, -0.2) is 0 Å². The van der Waals surface area contributed by atoms with Gasteiger partial charge in [-0.2, -0.15) is 0 Å². The van der Waals surface area contributed by atoms with Crippen LogP contribution in [0, 0.1) is 17.3 Å². The van der Waals surface area contributed by atoms with Crippen molar-refractivity contribution >= 4 is 11.9 Å². The molecule has 0 radical (unpaired) electrons. The van der Waals surface area contributed by atoms with Crippen molar-refractivity contribution in [1.82, 2.24) is 5.32 Å².